The highest BCUT2D eigenvalue weighted by Gasteiger charge is 2.01. The molecule has 1 N–H and O–H groups in total. The van der Waals surface area contributed by atoms with Crippen LogP contribution in [-0.4, -0.2) is 13.7 Å². The number of benzene rings is 1. The van der Waals surface area contributed by atoms with E-state index in [-0.39, 0.29) is 0 Å². The molecule has 0 unspecified atom stereocenters. The fourth-order valence-corrected chi connectivity index (χ4v) is 1.40. The summed E-state index contributed by atoms with van der Waals surface area (Å²) < 4.78 is 5.13. The van der Waals surface area contributed by atoms with Crippen molar-refractivity contribution in [3.05, 3.63) is 28.8 Å². The Labute approximate surface area is 90.2 Å². The molecule has 0 spiro atoms. The molecule has 0 saturated heterocycles. The molecule has 0 bridgehead atoms. The van der Waals surface area contributed by atoms with Crippen LogP contribution in [0.5, 0.6) is 5.75 Å². The highest BCUT2D eigenvalue weighted by molar-refractivity contribution is 6.31. The predicted molar refractivity (Wildman–Crippen MR) is 60.0 cm³/mol. The van der Waals surface area contributed by atoms with Crippen LogP contribution in [0.25, 0.3) is 0 Å². The van der Waals surface area contributed by atoms with Crippen molar-refractivity contribution in [1.82, 2.24) is 5.32 Å². The molecule has 0 aromatic heterocycles. The van der Waals surface area contributed by atoms with E-state index >= 15 is 0 Å². The van der Waals surface area contributed by atoms with E-state index < -0.39 is 0 Å². The van der Waals surface area contributed by atoms with Crippen molar-refractivity contribution in [2.45, 2.75) is 19.9 Å². The number of halogens is 1. The van der Waals surface area contributed by atoms with Crippen molar-refractivity contribution in [3.63, 3.8) is 0 Å². The van der Waals surface area contributed by atoms with E-state index in [2.05, 4.69) is 12.2 Å². The minimum Gasteiger partial charge on any atom is -0.497 e. The fourth-order valence-electron chi connectivity index (χ4n) is 1.21. The largest absolute Gasteiger partial charge is 0.497 e. The molecule has 0 atom stereocenters. The second-order valence-corrected chi connectivity index (χ2v) is 3.54. The Morgan fingerprint density at radius 3 is 2.86 bits per heavy atom. The summed E-state index contributed by atoms with van der Waals surface area (Å²) in [5, 5.41) is 4.09. The van der Waals surface area contributed by atoms with Crippen LogP contribution in [0, 0.1) is 0 Å². The lowest BCUT2D eigenvalue weighted by Gasteiger charge is -2.07. The molecular formula is C11H16ClNO. The summed E-state index contributed by atoms with van der Waals surface area (Å²) in [4.78, 5) is 0. The third kappa shape index (κ3) is 3.20. The van der Waals surface area contributed by atoms with Crippen molar-refractivity contribution in [2.75, 3.05) is 13.7 Å². The molecule has 78 valence electrons. The van der Waals surface area contributed by atoms with Gasteiger partial charge >= 0.3 is 0 Å². The van der Waals surface area contributed by atoms with Crippen molar-refractivity contribution in [3.8, 4) is 5.75 Å². The Hall–Kier alpha value is -0.730. The summed E-state index contributed by atoms with van der Waals surface area (Å²) in [6.07, 6.45) is 1.13. The van der Waals surface area contributed by atoms with Crippen LogP contribution >= 0.6 is 11.6 Å². The van der Waals surface area contributed by atoms with E-state index in [9.17, 15) is 0 Å². The van der Waals surface area contributed by atoms with Crippen LogP contribution in [0.15, 0.2) is 18.2 Å². The minimum absolute atomic E-state index is 0.786. The average Bonchev–Trinajstić information content (AvgIpc) is 2.21. The molecule has 0 aliphatic carbocycles. The first kappa shape index (κ1) is 11.3. The number of methoxy groups -OCH3 is 1. The number of ether oxygens (including phenoxy) is 1. The average molecular weight is 214 g/mol. The van der Waals surface area contributed by atoms with Gasteiger partial charge in [0, 0.05) is 11.6 Å². The first-order chi connectivity index (χ1) is 6.77. The van der Waals surface area contributed by atoms with Crippen LogP contribution in [0.1, 0.15) is 18.9 Å². The highest BCUT2D eigenvalue weighted by atomic mass is 35.5. The fraction of sp³-hybridized carbons (Fsp3) is 0.455. The van der Waals surface area contributed by atoms with Crippen LogP contribution in [0.4, 0.5) is 0 Å². The lowest BCUT2D eigenvalue weighted by molar-refractivity contribution is 0.414. The zero-order chi connectivity index (χ0) is 10.4. The van der Waals surface area contributed by atoms with E-state index in [4.69, 9.17) is 16.3 Å². The smallest absolute Gasteiger partial charge is 0.119 e. The van der Waals surface area contributed by atoms with Crippen molar-refractivity contribution in [2.24, 2.45) is 0 Å². The lowest BCUT2D eigenvalue weighted by Crippen LogP contribution is -2.14. The van der Waals surface area contributed by atoms with Crippen LogP contribution in [-0.2, 0) is 6.54 Å². The van der Waals surface area contributed by atoms with E-state index in [0.29, 0.717) is 0 Å². The monoisotopic (exact) mass is 213 g/mol. The zero-order valence-electron chi connectivity index (χ0n) is 8.64. The lowest BCUT2D eigenvalue weighted by atomic mass is 10.2. The SMILES string of the molecule is CCCNCc1cc(OC)ccc1Cl. The van der Waals surface area contributed by atoms with Gasteiger partial charge in [0.15, 0.2) is 0 Å². The predicted octanol–water partition coefficient (Wildman–Crippen LogP) is 2.85. The molecule has 1 aromatic carbocycles. The quantitative estimate of drug-likeness (QED) is 0.760. The van der Waals surface area contributed by atoms with Gasteiger partial charge in [-0.05, 0) is 36.7 Å². The molecule has 0 radical (unpaired) electrons. The number of hydrogen-bond acceptors (Lipinski definition) is 2. The molecule has 0 heterocycles. The van der Waals surface area contributed by atoms with Crippen molar-refractivity contribution in [1.29, 1.82) is 0 Å². The second-order valence-electron chi connectivity index (χ2n) is 3.13. The summed E-state index contributed by atoms with van der Waals surface area (Å²) in [6.45, 7) is 3.94. The first-order valence-electron chi connectivity index (χ1n) is 4.81. The van der Waals surface area contributed by atoms with Crippen LogP contribution in [0.3, 0.4) is 0 Å². The van der Waals surface area contributed by atoms with Gasteiger partial charge in [-0.25, -0.2) is 0 Å². The summed E-state index contributed by atoms with van der Waals surface area (Å²) >= 11 is 6.04. The summed E-state index contributed by atoms with van der Waals surface area (Å²) in [5.74, 6) is 0.850. The number of nitrogens with one attached hydrogen (secondary N) is 1. The van der Waals surface area contributed by atoms with Gasteiger partial charge in [-0.3, -0.25) is 0 Å². The van der Waals surface area contributed by atoms with Gasteiger partial charge < -0.3 is 10.1 Å². The molecule has 2 nitrogen and oxygen atoms in total. The summed E-state index contributed by atoms with van der Waals surface area (Å²) in [7, 11) is 1.66. The molecule has 14 heavy (non-hydrogen) atoms. The Balaban J connectivity index is 2.64. The first-order valence-corrected chi connectivity index (χ1v) is 5.19. The Kier molecular flexibility index (Phi) is 4.77. The molecule has 0 saturated carbocycles. The van der Waals surface area contributed by atoms with Gasteiger partial charge in [0.1, 0.15) is 5.75 Å². The highest BCUT2D eigenvalue weighted by Crippen LogP contribution is 2.21. The Morgan fingerprint density at radius 2 is 2.21 bits per heavy atom. The number of hydrogen-bond donors (Lipinski definition) is 1. The zero-order valence-corrected chi connectivity index (χ0v) is 9.40. The van der Waals surface area contributed by atoms with Gasteiger partial charge in [-0.1, -0.05) is 18.5 Å². The standard InChI is InChI=1S/C11H16ClNO/c1-3-6-13-8-9-7-10(14-2)4-5-11(9)12/h4-5,7,13H,3,6,8H2,1-2H3. The molecular weight excluding hydrogens is 198 g/mol. The summed E-state index contributed by atoms with van der Waals surface area (Å²) in [6, 6.07) is 5.69. The maximum atomic E-state index is 6.04. The third-order valence-corrected chi connectivity index (χ3v) is 2.36. The molecule has 1 aromatic rings. The van der Waals surface area contributed by atoms with E-state index in [1.165, 1.54) is 0 Å². The molecule has 0 aliphatic rings. The third-order valence-electron chi connectivity index (χ3n) is 2.00. The normalized spacial score (nSPS) is 10.2. The topological polar surface area (TPSA) is 21.3 Å². The molecule has 1 rings (SSSR count). The summed E-state index contributed by atoms with van der Waals surface area (Å²) in [5.41, 5.74) is 1.08. The van der Waals surface area contributed by atoms with Gasteiger partial charge in [-0.15, -0.1) is 0 Å². The van der Waals surface area contributed by atoms with Crippen LogP contribution in [0.2, 0.25) is 5.02 Å². The molecule has 0 aliphatic heterocycles. The van der Waals surface area contributed by atoms with Gasteiger partial charge in [-0.2, -0.15) is 0 Å². The molecule has 3 heteroatoms. The van der Waals surface area contributed by atoms with E-state index in [1.807, 2.05) is 18.2 Å². The van der Waals surface area contributed by atoms with Crippen LogP contribution < -0.4 is 10.1 Å². The minimum atomic E-state index is 0.786. The maximum Gasteiger partial charge on any atom is 0.119 e. The van der Waals surface area contributed by atoms with E-state index in [0.717, 1.165) is 35.8 Å². The van der Waals surface area contributed by atoms with E-state index in [1.54, 1.807) is 7.11 Å². The van der Waals surface area contributed by atoms with Gasteiger partial charge in [0.25, 0.3) is 0 Å². The number of rotatable bonds is 5. The Bertz CT molecular complexity index is 289. The van der Waals surface area contributed by atoms with Crippen molar-refractivity contribution >= 4 is 11.6 Å². The maximum absolute atomic E-state index is 6.04. The van der Waals surface area contributed by atoms with Crippen molar-refractivity contribution < 1.29 is 4.74 Å². The second kappa shape index (κ2) is 5.89. The Morgan fingerprint density at radius 1 is 1.43 bits per heavy atom. The van der Waals surface area contributed by atoms with Gasteiger partial charge in [0.2, 0.25) is 0 Å². The molecule has 0 fully saturated rings. The molecule has 0 amide bonds. The van der Waals surface area contributed by atoms with Gasteiger partial charge in [0.05, 0.1) is 7.11 Å².